The highest BCUT2D eigenvalue weighted by molar-refractivity contribution is 5.27. The van der Waals surface area contributed by atoms with E-state index in [0.29, 0.717) is 0 Å². The van der Waals surface area contributed by atoms with Crippen LogP contribution in [0.5, 0.6) is 5.75 Å². The Balaban J connectivity index is 2.56. The molecule has 1 aromatic carbocycles. The van der Waals surface area contributed by atoms with Gasteiger partial charge in [-0.15, -0.1) is 0 Å². The Bertz CT molecular complexity index is 282. The molecule has 0 bridgehead atoms. The highest BCUT2D eigenvalue weighted by atomic mass is 16.5. The van der Waals surface area contributed by atoms with Crippen molar-refractivity contribution in [1.82, 2.24) is 4.90 Å². The van der Waals surface area contributed by atoms with Crippen LogP contribution in [0.25, 0.3) is 0 Å². The van der Waals surface area contributed by atoms with Crippen molar-refractivity contribution in [2.75, 3.05) is 13.8 Å². The van der Waals surface area contributed by atoms with Crippen molar-refractivity contribution in [3.8, 4) is 5.75 Å². The summed E-state index contributed by atoms with van der Waals surface area (Å²) in [5.41, 5.74) is 1.17. The molecule has 3 heteroatoms. The SMILES string of the molecule is CC(C)Oc1ccc(CN(C)CO)cc1. The highest BCUT2D eigenvalue weighted by Crippen LogP contribution is 2.14. The van der Waals surface area contributed by atoms with E-state index in [2.05, 4.69) is 0 Å². The average molecular weight is 209 g/mol. The predicted molar refractivity (Wildman–Crippen MR) is 60.8 cm³/mol. The Labute approximate surface area is 91.3 Å². The molecule has 0 aromatic heterocycles. The maximum Gasteiger partial charge on any atom is 0.119 e. The second kappa shape index (κ2) is 5.73. The summed E-state index contributed by atoms with van der Waals surface area (Å²) < 4.78 is 5.54. The fourth-order valence-corrected chi connectivity index (χ4v) is 1.31. The third-order valence-electron chi connectivity index (χ3n) is 1.99. The Morgan fingerprint density at radius 3 is 2.33 bits per heavy atom. The molecule has 0 spiro atoms. The van der Waals surface area contributed by atoms with Gasteiger partial charge < -0.3 is 9.84 Å². The third kappa shape index (κ3) is 4.32. The molecule has 0 saturated heterocycles. The molecule has 3 nitrogen and oxygen atoms in total. The van der Waals surface area contributed by atoms with Gasteiger partial charge in [0, 0.05) is 6.54 Å². The first-order valence-electron chi connectivity index (χ1n) is 5.17. The first-order valence-corrected chi connectivity index (χ1v) is 5.17. The van der Waals surface area contributed by atoms with E-state index in [9.17, 15) is 0 Å². The highest BCUT2D eigenvalue weighted by Gasteiger charge is 2.00. The van der Waals surface area contributed by atoms with Crippen LogP contribution in [0.4, 0.5) is 0 Å². The van der Waals surface area contributed by atoms with E-state index in [1.54, 1.807) is 0 Å². The standard InChI is InChI=1S/C12H19NO2/c1-10(2)15-12-6-4-11(5-7-12)8-13(3)9-14/h4-7,10,14H,8-9H2,1-3H3. The lowest BCUT2D eigenvalue weighted by molar-refractivity contribution is 0.127. The van der Waals surface area contributed by atoms with E-state index >= 15 is 0 Å². The van der Waals surface area contributed by atoms with Crippen LogP contribution in [0, 0.1) is 0 Å². The molecule has 0 atom stereocenters. The number of rotatable bonds is 5. The number of hydrogen-bond donors (Lipinski definition) is 1. The lowest BCUT2D eigenvalue weighted by atomic mass is 10.2. The van der Waals surface area contributed by atoms with Crippen molar-refractivity contribution in [2.45, 2.75) is 26.5 Å². The summed E-state index contributed by atoms with van der Waals surface area (Å²) >= 11 is 0. The molecule has 84 valence electrons. The summed E-state index contributed by atoms with van der Waals surface area (Å²) in [7, 11) is 1.87. The summed E-state index contributed by atoms with van der Waals surface area (Å²) in [5.74, 6) is 0.889. The maximum atomic E-state index is 8.87. The molecule has 0 saturated carbocycles. The van der Waals surface area contributed by atoms with E-state index < -0.39 is 0 Å². The van der Waals surface area contributed by atoms with Crippen LogP contribution in [0.1, 0.15) is 19.4 Å². The Morgan fingerprint density at radius 2 is 1.87 bits per heavy atom. The molecule has 0 unspecified atom stereocenters. The lowest BCUT2D eigenvalue weighted by Gasteiger charge is -2.14. The molecule has 0 heterocycles. The number of benzene rings is 1. The molecule has 0 fully saturated rings. The normalized spacial score (nSPS) is 11.1. The smallest absolute Gasteiger partial charge is 0.119 e. The van der Waals surface area contributed by atoms with E-state index in [1.165, 1.54) is 5.56 Å². The van der Waals surface area contributed by atoms with Crippen LogP contribution in [0.3, 0.4) is 0 Å². The van der Waals surface area contributed by atoms with E-state index in [-0.39, 0.29) is 12.8 Å². The minimum Gasteiger partial charge on any atom is -0.491 e. The quantitative estimate of drug-likeness (QED) is 0.751. The van der Waals surface area contributed by atoms with Gasteiger partial charge in [0.05, 0.1) is 12.8 Å². The monoisotopic (exact) mass is 209 g/mol. The van der Waals surface area contributed by atoms with Crippen LogP contribution >= 0.6 is 0 Å². The van der Waals surface area contributed by atoms with Gasteiger partial charge in [-0.05, 0) is 38.6 Å². The number of aliphatic hydroxyl groups is 1. The van der Waals surface area contributed by atoms with Crippen molar-refractivity contribution in [3.05, 3.63) is 29.8 Å². The topological polar surface area (TPSA) is 32.7 Å². The summed E-state index contributed by atoms with van der Waals surface area (Å²) in [6.07, 6.45) is 0.205. The molecule has 1 aromatic rings. The van der Waals surface area contributed by atoms with Crippen molar-refractivity contribution in [1.29, 1.82) is 0 Å². The molecule has 0 aliphatic heterocycles. The fourth-order valence-electron chi connectivity index (χ4n) is 1.31. The number of nitrogens with zero attached hydrogens (tertiary/aromatic N) is 1. The molecule has 0 radical (unpaired) electrons. The van der Waals surface area contributed by atoms with Gasteiger partial charge in [-0.3, -0.25) is 4.90 Å². The predicted octanol–water partition coefficient (Wildman–Crippen LogP) is 1.86. The van der Waals surface area contributed by atoms with Gasteiger partial charge in [0.1, 0.15) is 5.75 Å². The fraction of sp³-hybridized carbons (Fsp3) is 0.500. The third-order valence-corrected chi connectivity index (χ3v) is 1.99. The van der Waals surface area contributed by atoms with Gasteiger partial charge in [0.15, 0.2) is 0 Å². The summed E-state index contributed by atoms with van der Waals surface area (Å²) in [5, 5.41) is 8.87. The molecule has 0 aliphatic carbocycles. The maximum absolute atomic E-state index is 8.87. The second-order valence-electron chi connectivity index (χ2n) is 3.97. The van der Waals surface area contributed by atoms with Gasteiger partial charge in [0.25, 0.3) is 0 Å². The van der Waals surface area contributed by atoms with Crippen LogP contribution in [-0.2, 0) is 6.54 Å². The molecular formula is C12H19NO2. The van der Waals surface area contributed by atoms with Crippen LogP contribution in [0.15, 0.2) is 24.3 Å². The summed E-state index contributed by atoms with van der Waals surface area (Å²) in [6.45, 7) is 4.84. The number of aliphatic hydroxyl groups excluding tert-OH is 1. The van der Waals surface area contributed by atoms with Gasteiger partial charge >= 0.3 is 0 Å². The van der Waals surface area contributed by atoms with Crippen LogP contribution in [0.2, 0.25) is 0 Å². The van der Waals surface area contributed by atoms with Crippen molar-refractivity contribution in [2.24, 2.45) is 0 Å². The minimum atomic E-state index is 0.0737. The zero-order chi connectivity index (χ0) is 11.3. The first kappa shape index (κ1) is 12.0. The van der Waals surface area contributed by atoms with Gasteiger partial charge in [-0.1, -0.05) is 12.1 Å². The largest absolute Gasteiger partial charge is 0.491 e. The Morgan fingerprint density at radius 1 is 1.27 bits per heavy atom. The summed E-state index contributed by atoms with van der Waals surface area (Å²) in [6, 6.07) is 7.95. The van der Waals surface area contributed by atoms with Gasteiger partial charge in [-0.2, -0.15) is 0 Å². The van der Waals surface area contributed by atoms with Crippen molar-refractivity contribution >= 4 is 0 Å². The van der Waals surface area contributed by atoms with E-state index in [0.717, 1.165) is 12.3 Å². The van der Waals surface area contributed by atoms with E-state index in [1.807, 2.05) is 50.1 Å². The zero-order valence-corrected chi connectivity index (χ0v) is 9.60. The zero-order valence-electron chi connectivity index (χ0n) is 9.60. The molecule has 1 rings (SSSR count). The lowest BCUT2D eigenvalue weighted by Crippen LogP contribution is -2.18. The second-order valence-corrected chi connectivity index (χ2v) is 3.97. The van der Waals surface area contributed by atoms with E-state index in [4.69, 9.17) is 9.84 Å². The first-order chi connectivity index (χ1) is 7.11. The Hall–Kier alpha value is -1.06. The molecule has 0 amide bonds. The van der Waals surface area contributed by atoms with Crippen LogP contribution < -0.4 is 4.74 Å². The van der Waals surface area contributed by atoms with Gasteiger partial charge in [0.2, 0.25) is 0 Å². The number of ether oxygens (including phenoxy) is 1. The molecular weight excluding hydrogens is 190 g/mol. The van der Waals surface area contributed by atoms with Crippen molar-refractivity contribution in [3.63, 3.8) is 0 Å². The summed E-state index contributed by atoms with van der Waals surface area (Å²) in [4.78, 5) is 1.83. The molecule has 15 heavy (non-hydrogen) atoms. The average Bonchev–Trinajstić information content (AvgIpc) is 2.20. The molecule has 1 N–H and O–H groups in total. The number of hydrogen-bond acceptors (Lipinski definition) is 3. The molecule has 0 aliphatic rings. The van der Waals surface area contributed by atoms with Gasteiger partial charge in [-0.25, -0.2) is 0 Å². The minimum absolute atomic E-state index is 0.0737. The Kier molecular flexibility index (Phi) is 4.59. The van der Waals surface area contributed by atoms with Crippen molar-refractivity contribution < 1.29 is 9.84 Å². The van der Waals surface area contributed by atoms with Crippen LogP contribution in [-0.4, -0.2) is 29.9 Å².